The van der Waals surface area contributed by atoms with Gasteiger partial charge in [0.1, 0.15) is 11.6 Å². The summed E-state index contributed by atoms with van der Waals surface area (Å²) in [5.74, 6) is -0.395. The van der Waals surface area contributed by atoms with Crippen LogP contribution >= 0.6 is 0 Å². The molecule has 0 spiro atoms. The van der Waals surface area contributed by atoms with Gasteiger partial charge in [0.2, 0.25) is 0 Å². The second-order valence-electron chi connectivity index (χ2n) is 6.34. The third kappa shape index (κ3) is 2.34. The Morgan fingerprint density at radius 1 is 1.04 bits per heavy atom. The van der Waals surface area contributed by atoms with Crippen LogP contribution in [0.5, 0.6) is 0 Å². The largest absolute Gasteiger partial charge is 0.342 e. The van der Waals surface area contributed by atoms with Crippen molar-refractivity contribution in [2.75, 3.05) is 5.32 Å². The monoisotopic (exact) mass is 339 g/mol. The summed E-state index contributed by atoms with van der Waals surface area (Å²) < 4.78 is 1.92. The molecular weight excluding hydrogens is 322 g/mol. The van der Waals surface area contributed by atoms with Crippen LogP contribution in [-0.4, -0.2) is 10.5 Å². The standard InChI is InChI=1S/C22H17N3O/c1-14-7-3-4-11-18(14)24-22(26)17(13-23)21-16-10-5-8-15-9-6-12-19(20(15)16)25(21)2/h3-12H,1-2H3,(H,24,26)/b21-17-. The highest BCUT2D eigenvalue weighted by molar-refractivity contribution is 6.26. The zero-order valence-electron chi connectivity index (χ0n) is 14.6. The van der Waals surface area contributed by atoms with E-state index in [4.69, 9.17) is 0 Å². The molecule has 1 aromatic heterocycles. The van der Waals surface area contributed by atoms with Crippen LogP contribution in [0.4, 0.5) is 5.69 Å². The van der Waals surface area contributed by atoms with Gasteiger partial charge < -0.3 is 9.88 Å². The lowest BCUT2D eigenvalue weighted by Gasteiger charge is -2.07. The van der Waals surface area contributed by atoms with E-state index in [1.165, 1.54) is 0 Å². The van der Waals surface area contributed by atoms with Gasteiger partial charge in [-0.25, -0.2) is 0 Å². The van der Waals surface area contributed by atoms with Crippen LogP contribution in [0, 0.1) is 18.3 Å². The molecule has 4 aromatic rings. The molecule has 0 bridgehead atoms. The van der Waals surface area contributed by atoms with Crippen LogP contribution in [-0.2, 0) is 11.8 Å². The maximum absolute atomic E-state index is 12.9. The Balaban J connectivity index is 1.99. The van der Waals surface area contributed by atoms with Gasteiger partial charge in [0.05, 0.1) is 5.35 Å². The molecule has 26 heavy (non-hydrogen) atoms. The summed E-state index contributed by atoms with van der Waals surface area (Å²) in [7, 11) is 1.89. The molecule has 0 fully saturated rings. The summed E-state index contributed by atoms with van der Waals surface area (Å²) in [5.41, 5.74) is 2.78. The molecular formula is C22H17N3O. The number of aromatic nitrogens is 1. The van der Waals surface area contributed by atoms with Crippen molar-refractivity contribution in [3.05, 3.63) is 71.6 Å². The minimum absolute atomic E-state index is 0.111. The molecule has 0 saturated carbocycles. The maximum atomic E-state index is 12.9. The highest BCUT2D eigenvalue weighted by Gasteiger charge is 2.17. The van der Waals surface area contributed by atoms with Gasteiger partial charge in [-0.15, -0.1) is 0 Å². The van der Waals surface area contributed by atoms with Crippen molar-refractivity contribution in [2.24, 2.45) is 7.05 Å². The second-order valence-corrected chi connectivity index (χ2v) is 6.34. The first-order valence-corrected chi connectivity index (χ1v) is 8.39. The van der Waals surface area contributed by atoms with Crippen LogP contribution in [0.2, 0.25) is 0 Å². The number of hydrogen-bond donors (Lipinski definition) is 1. The van der Waals surface area contributed by atoms with E-state index in [0.29, 0.717) is 11.0 Å². The molecule has 4 heteroatoms. The van der Waals surface area contributed by atoms with Gasteiger partial charge in [0, 0.05) is 29.0 Å². The molecule has 0 aliphatic heterocycles. The molecule has 1 amide bonds. The minimum Gasteiger partial charge on any atom is -0.342 e. The van der Waals surface area contributed by atoms with Crippen molar-refractivity contribution >= 4 is 38.8 Å². The maximum Gasteiger partial charge on any atom is 0.268 e. The van der Waals surface area contributed by atoms with E-state index in [1.807, 2.05) is 79.2 Å². The number of nitrogens with one attached hydrogen (secondary N) is 1. The third-order valence-corrected chi connectivity index (χ3v) is 4.80. The SMILES string of the molecule is Cc1ccccc1NC(=O)/C(C#N)=c1/c2cccc3cccc(c32)n1C. The number of anilines is 1. The predicted octanol–water partition coefficient (Wildman–Crippen LogP) is 3.67. The number of carbonyl (C=O) groups excluding carboxylic acids is 1. The third-order valence-electron chi connectivity index (χ3n) is 4.80. The summed E-state index contributed by atoms with van der Waals surface area (Å²) in [6.45, 7) is 1.92. The van der Waals surface area contributed by atoms with Crippen molar-refractivity contribution in [3.63, 3.8) is 0 Å². The Morgan fingerprint density at radius 2 is 1.77 bits per heavy atom. The van der Waals surface area contributed by atoms with Gasteiger partial charge in [-0.05, 0) is 30.0 Å². The Labute approximate surface area is 150 Å². The number of amides is 1. The second kappa shape index (κ2) is 6.05. The molecule has 0 aliphatic rings. The molecule has 126 valence electrons. The summed E-state index contributed by atoms with van der Waals surface area (Å²) in [4.78, 5) is 12.9. The number of nitrogens with zero attached hydrogens (tertiary/aromatic N) is 2. The van der Waals surface area contributed by atoms with Gasteiger partial charge >= 0.3 is 0 Å². The normalized spacial score (nSPS) is 12.2. The molecule has 1 N–H and O–H groups in total. The fourth-order valence-corrected chi connectivity index (χ4v) is 3.51. The van der Waals surface area contributed by atoms with E-state index >= 15 is 0 Å². The van der Waals surface area contributed by atoms with Gasteiger partial charge in [-0.2, -0.15) is 5.26 Å². The summed E-state index contributed by atoms with van der Waals surface area (Å²) in [6.07, 6.45) is 0. The lowest BCUT2D eigenvalue weighted by molar-refractivity contribution is -0.111. The lowest BCUT2D eigenvalue weighted by atomic mass is 10.1. The molecule has 4 nitrogen and oxygen atoms in total. The van der Waals surface area contributed by atoms with E-state index in [0.717, 1.165) is 27.2 Å². The Kier molecular flexibility index (Phi) is 3.70. The summed E-state index contributed by atoms with van der Waals surface area (Å²) >= 11 is 0. The van der Waals surface area contributed by atoms with Gasteiger partial charge in [-0.1, -0.05) is 48.5 Å². The Bertz CT molecular complexity index is 1250. The molecule has 3 aromatic carbocycles. The molecule has 0 aliphatic carbocycles. The first-order valence-electron chi connectivity index (χ1n) is 8.39. The number of aryl methyl sites for hydroxylation is 2. The lowest BCUT2D eigenvalue weighted by Crippen LogP contribution is -2.24. The molecule has 0 atom stereocenters. The van der Waals surface area contributed by atoms with Crippen LogP contribution in [0.1, 0.15) is 5.56 Å². The number of nitriles is 1. The van der Waals surface area contributed by atoms with E-state index in [1.54, 1.807) is 0 Å². The molecule has 0 unspecified atom stereocenters. The van der Waals surface area contributed by atoms with E-state index in [-0.39, 0.29) is 5.57 Å². The summed E-state index contributed by atoms with van der Waals surface area (Å²) in [6, 6.07) is 21.6. The average Bonchev–Trinajstić information content (AvgIpc) is 2.93. The van der Waals surface area contributed by atoms with Crippen molar-refractivity contribution in [1.82, 2.24) is 4.57 Å². The first kappa shape index (κ1) is 15.9. The van der Waals surface area contributed by atoms with E-state index in [2.05, 4.69) is 11.4 Å². The number of carbonyl (C=O) groups is 1. The smallest absolute Gasteiger partial charge is 0.268 e. The topological polar surface area (TPSA) is 57.8 Å². The van der Waals surface area contributed by atoms with Crippen LogP contribution in [0.3, 0.4) is 0 Å². The molecule has 0 saturated heterocycles. The number of hydrogen-bond acceptors (Lipinski definition) is 2. The van der Waals surface area contributed by atoms with E-state index < -0.39 is 5.91 Å². The van der Waals surface area contributed by atoms with E-state index in [9.17, 15) is 10.1 Å². The van der Waals surface area contributed by atoms with Gasteiger partial charge in [0.15, 0.2) is 0 Å². The predicted molar refractivity (Wildman–Crippen MR) is 104 cm³/mol. The summed E-state index contributed by atoms with van der Waals surface area (Å²) in [5, 5.41) is 16.4. The highest BCUT2D eigenvalue weighted by atomic mass is 16.1. The Hall–Kier alpha value is -3.58. The highest BCUT2D eigenvalue weighted by Crippen LogP contribution is 2.25. The quantitative estimate of drug-likeness (QED) is 0.606. The fraction of sp³-hybridized carbons (Fsp3) is 0.0909. The number of benzene rings is 3. The minimum atomic E-state index is -0.395. The van der Waals surface area contributed by atoms with Crippen LogP contribution < -0.4 is 10.7 Å². The fourth-order valence-electron chi connectivity index (χ4n) is 3.51. The Morgan fingerprint density at radius 3 is 2.50 bits per heavy atom. The zero-order chi connectivity index (χ0) is 18.3. The number of rotatable bonds is 2. The van der Waals surface area contributed by atoms with Crippen LogP contribution in [0.25, 0.3) is 27.2 Å². The van der Waals surface area contributed by atoms with Crippen molar-refractivity contribution in [1.29, 1.82) is 5.26 Å². The zero-order valence-corrected chi connectivity index (χ0v) is 14.6. The molecule has 1 heterocycles. The first-order chi connectivity index (χ1) is 12.6. The van der Waals surface area contributed by atoms with Crippen molar-refractivity contribution < 1.29 is 4.79 Å². The molecule has 0 radical (unpaired) electrons. The molecule has 4 rings (SSSR count). The van der Waals surface area contributed by atoms with Crippen molar-refractivity contribution in [3.8, 4) is 6.07 Å². The van der Waals surface area contributed by atoms with Gasteiger partial charge in [-0.3, -0.25) is 4.79 Å². The van der Waals surface area contributed by atoms with Gasteiger partial charge in [0.25, 0.3) is 5.91 Å². The van der Waals surface area contributed by atoms with Crippen LogP contribution in [0.15, 0.2) is 60.7 Å². The number of para-hydroxylation sites is 1. The van der Waals surface area contributed by atoms with Crippen molar-refractivity contribution in [2.45, 2.75) is 6.92 Å². The average molecular weight is 339 g/mol.